The predicted octanol–water partition coefficient (Wildman–Crippen LogP) is 1.77. The molecule has 0 spiro atoms. The summed E-state index contributed by atoms with van der Waals surface area (Å²) >= 11 is 0. The van der Waals surface area contributed by atoms with Gasteiger partial charge in [0.05, 0.1) is 0 Å². The molecule has 0 saturated carbocycles. The molecule has 1 unspecified atom stereocenters. The standard InChI is InChI=1S/C21H35N3O7/c1-2-3-4-5-6-7-8-9-10-11-15(25)30-12-14-17(26)18(27)21(31-14)24-13-23-16(19(22)28)20(24)29/h13-14,17-18,21,26-27,29H,2-12H2,1H3,(H2,22,28)/t14-,17?,18-,21-/m1/s1. The van der Waals surface area contributed by atoms with Crippen molar-refractivity contribution in [1.29, 1.82) is 0 Å². The minimum Gasteiger partial charge on any atom is -0.493 e. The third-order valence-corrected chi connectivity index (χ3v) is 5.51. The first kappa shape index (κ1) is 25.1. The summed E-state index contributed by atoms with van der Waals surface area (Å²) in [5, 5.41) is 30.4. The molecule has 1 fully saturated rings. The molecule has 1 saturated heterocycles. The van der Waals surface area contributed by atoms with Crippen LogP contribution in [0.5, 0.6) is 5.88 Å². The van der Waals surface area contributed by atoms with E-state index in [-0.39, 0.29) is 18.7 Å². The van der Waals surface area contributed by atoms with Gasteiger partial charge in [-0.25, -0.2) is 4.98 Å². The minimum absolute atomic E-state index is 0.233. The Kier molecular flexibility index (Phi) is 10.2. The predicted molar refractivity (Wildman–Crippen MR) is 111 cm³/mol. The first-order valence-corrected chi connectivity index (χ1v) is 11.1. The summed E-state index contributed by atoms with van der Waals surface area (Å²) in [6.07, 6.45) is 6.75. The Hall–Kier alpha value is -2.17. The van der Waals surface area contributed by atoms with Crippen molar-refractivity contribution in [3.8, 4) is 5.88 Å². The van der Waals surface area contributed by atoms with Crippen LogP contribution in [0, 0.1) is 0 Å². The molecule has 2 heterocycles. The number of unbranched alkanes of at least 4 members (excludes halogenated alkanes) is 8. The van der Waals surface area contributed by atoms with Crippen molar-refractivity contribution in [2.24, 2.45) is 5.73 Å². The zero-order valence-corrected chi connectivity index (χ0v) is 18.1. The highest BCUT2D eigenvalue weighted by molar-refractivity contribution is 5.93. The summed E-state index contributed by atoms with van der Waals surface area (Å²) in [6.45, 7) is 1.97. The van der Waals surface area contributed by atoms with Gasteiger partial charge in [0, 0.05) is 6.42 Å². The fourth-order valence-electron chi connectivity index (χ4n) is 3.64. The Morgan fingerprint density at radius 3 is 2.29 bits per heavy atom. The Morgan fingerprint density at radius 2 is 1.71 bits per heavy atom. The molecule has 176 valence electrons. The quantitative estimate of drug-likeness (QED) is 0.251. The van der Waals surface area contributed by atoms with E-state index in [9.17, 15) is 24.9 Å². The lowest BCUT2D eigenvalue weighted by Gasteiger charge is -2.16. The summed E-state index contributed by atoms with van der Waals surface area (Å²) in [6, 6.07) is 0. The zero-order chi connectivity index (χ0) is 22.8. The smallest absolute Gasteiger partial charge is 0.305 e. The van der Waals surface area contributed by atoms with Crippen LogP contribution in [0.3, 0.4) is 0 Å². The number of aliphatic hydroxyl groups is 2. The monoisotopic (exact) mass is 441 g/mol. The van der Waals surface area contributed by atoms with E-state index in [0.29, 0.717) is 0 Å². The van der Waals surface area contributed by atoms with E-state index in [2.05, 4.69) is 11.9 Å². The number of carbonyl (C=O) groups excluding carboxylic acids is 2. The van der Waals surface area contributed by atoms with Gasteiger partial charge in [0.25, 0.3) is 5.91 Å². The van der Waals surface area contributed by atoms with E-state index in [1.165, 1.54) is 38.5 Å². The number of amides is 1. The van der Waals surface area contributed by atoms with Crippen molar-refractivity contribution in [2.45, 2.75) is 95.7 Å². The van der Waals surface area contributed by atoms with Gasteiger partial charge < -0.3 is 30.5 Å². The van der Waals surface area contributed by atoms with Crippen LogP contribution >= 0.6 is 0 Å². The third kappa shape index (κ3) is 7.19. The number of aromatic nitrogens is 2. The van der Waals surface area contributed by atoms with Gasteiger partial charge in [-0.3, -0.25) is 14.2 Å². The fraction of sp³-hybridized carbons (Fsp3) is 0.762. The van der Waals surface area contributed by atoms with Crippen LogP contribution in [0.15, 0.2) is 6.33 Å². The Balaban J connectivity index is 1.68. The van der Waals surface area contributed by atoms with Crippen LogP contribution in [0.25, 0.3) is 0 Å². The van der Waals surface area contributed by atoms with E-state index < -0.39 is 42.3 Å². The molecular weight excluding hydrogens is 406 g/mol. The third-order valence-electron chi connectivity index (χ3n) is 5.51. The van der Waals surface area contributed by atoms with Crippen LogP contribution in [0.4, 0.5) is 0 Å². The number of ether oxygens (including phenoxy) is 2. The molecule has 10 heteroatoms. The molecule has 31 heavy (non-hydrogen) atoms. The summed E-state index contributed by atoms with van der Waals surface area (Å²) in [4.78, 5) is 26.8. The number of carbonyl (C=O) groups is 2. The number of hydrogen-bond donors (Lipinski definition) is 4. The molecule has 1 aromatic rings. The van der Waals surface area contributed by atoms with Gasteiger partial charge in [-0.1, -0.05) is 58.3 Å². The maximum absolute atomic E-state index is 12.0. The number of aliphatic hydroxyl groups excluding tert-OH is 2. The van der Waals surface area contributed by atoms with Gasteiger partial charge >= 0.3 is 5.97 Å². The molecule has 1 aromatic heterocycles. The van der Waals surface area contributed by atoms with E-state index in [0.717, 1.165) is 30.2 Å². The Bertz CT molecular complexity index is 709. The zero-order valence-electron chi connectivity index (χ0n) is 18.1. The first-order chi connectivity index (χ1) is 14.9. The molecule has 2 rings (SSSR count). The van der Waals surface area contributed by atoms with Crippen molar-refractivity contribution in [1.82, 2.24) is 9.55 Å². The average molecular weight is 442 g/mol. The molecule has 0 aromatic carbocycles. The van der Waals surface area contributed by atoms with Crippen molar-refractivity contribution in [2.75, 3.05) is 6.61 Å². The van der Waals surface area contributed by atoms with Gasteiger partial charge in [0.15, 0.2) is 11.9 Å². The molecule has 1 amide bonds. The maximum Gasteiger partial charge on any atom is 0.305 e. The minimum atomic E-state index is -1.41. The lowest BCUT2D eigenvalue weighted by atomic mass is 10.1. The lowest BCUT2D eigenvalue weighted by molar-refractivity contribution is -0.150. The second-order valence-corrected chi connectivity index (χ2v) is 8.00. The van der Waals surface area contributed by atoms with Crippen LogP contribution in [0.1, 0.15) is 87.8 Å². The molecule has 10 nitrogen and oxygen atoms in total. The molecular formula is C21H35N3O7. The average Bonchev–Trinajstić information content (AvgIpc) is 3.25. The van der Waals surface area contributed by atoms with Gasteiger partial charge in [-0.15, -0.1) is 0 Å². The number of primary amides is 1. The van der Waals surface area contributed by atoms with Crippen molar-refractivity contribution in [3.05, 3.63) is 12.0 Å². The molecule has 5 N–H and O–H groups in total. The summed E-state index contributed by atoms with van der Waals surface area (Å²) < 4.78 is 11.7. The topological polar surface area (TPSA) is 157 Å². The fourth-order valence-corrected chi connectivity index (χ4v) is 3.64. The van der Waals surface area contributed by atoms with Crippen LogP contribution in [0.2, 0.25) is 0 Å². The number of rotatable bonds is 14. The summed E-state index contributed by atoms with van der Waals surface area (Å²) in [5.41, 5.74) is 4.73. The van der Waals surface area contributed by atoms with Gasteiger partial charge in [-0.2, -0.15) is 0 Å². The van der Waals surface area contributed by atoms with Crippen molar-refractivity contribution < 1.29 is 34.4 Å². The number of nitrogens with zero attached hydrogens (tertiary/aromatic N) is 2. The highest BCUT2D eigenvalue weighted by atomic mass is 16.6. The molecule has 4 atom stereocenters. The van der Waals surface area contributed by atoms with E-state index in [1.807, 2.05) is 0 Å². The molecule has 0 bridgehead atoms. The number of aromatic hydroxyl groups is 1. The van der Waals surface area contributed by atoms with E-state index in [4.69, 9.17) is 15.2 Å². The second kappa shape index (κ2) is 12.6. The Labute approximate surface area is 182 Å². The Morgan fingerprint density at radius 1 is 1.10 bits per heavy atom. The van der Waals surface area contributed by atoms with E-state index in [1.54, 1.807) is 0 Å². The molecule has 1 aliphatic heterocycles. The van der Waals surface area contributed by atoms with E-state index >= 15 is 0 Å². The maximum atomic E-state index is 12.0. The molecule has 0 aliphatic carbocycles. The SMILES string of the molecule is CCCCCCCCCCCC(=O)OC[C@H]1O[C@@H](n2cnc(C(N)=O)c2O)[C@H](O)C1O. The number of imidazole rings is 1. The van der Waals surface area contributed by atoms with Crippen LogP contribution < -0.4 is 5.73 Å². The number of nitrogens with two attached hydrogens (primary N) is 1. The lowest BCUT2D eigenvalue weighted by Crippen LogP contribution is -2.34. The normalized spacial score (nSPS) is 23.2. The second-order valence-electron chi connectivity index (χ2n) is 8.00. The van der Waals surface area contributed by atoms with Crippen molar-refractivity contribution in [3.63, 3.8) is 0 Å². The van der Waals surface area contributed by atoms with Gasteiger partial charge in [0.2, 0.25) is 5.88 Å². The van der Waals surface area contributed by atoms with Crippen molar-refractivity contribution >= 4 is 11.9 Å². The highest BCUT2D eigenvalue weighted by Crippen LogP contribution is 2.33. The highest BCUT2D eigenvalue weighted by Gasteiger charge is 2.45. The summed E-state index contributed by atoms with van der Waals surface area (Å²) in [5.74, 6) is -1.91. The number of esters is 1. The number of hydrogen-bond acceptors (Lipinski definition) is 8. The molecule has 0 radical (unpaired) electrons. The first-order valence-electron chi connectivity index (χ1n) is 11.1. The van der Waals surface area contributed by atoms with Gasteiger partial charge in [-0.05, 0) is 6.42 Å². The summed E-state index contributed by atoms with van der Waals surface area (Å²) in [7, 11) is 0. The van der Waals surface area contributed by atoms with Crippen LogP contribution in [-0.2, 0) is 14.3 Å². The molecule has 1 aliphatic rings. The van der Waals surface area contributed by atoms with Crippen LogP contribution in [-0.4, -0.2) is 61.7 Å². The largest absolute Gasteiger partial charge is 0.493 e. The van der Waals surface area contributed by atoms with Gasteiger partial charge in [0.1, 0.15) is 31.2 Å².